The molecule has 3 aromatic carbocycles. The van der Waals surface area contributed by atoms with Crippen molar-refractivity contribution in [2.24, 2.45) is 0 Å². The third-order valence-electron chi connectivity index (χ3n) is 7.45. The Morgan fingerprint density at radius 3 is 2.17 bits per heavy atom. The zero-order valence-corrected chi connectivity index (χ0v) is 24.4. The highest BCUT2D eigenvalue weighted by Crippen LogP contribution is 2.31. The fourth-order valence-corrected chi connectivity index (χ4v) is 5.07. The van der Waals surface area contributed by atoms with E-state index in [4.69, 9.17) is 4.74 Å². The molecule has 3 aromatic rings. The first-order valence-electron chi connectivity index (χ1n) is 14.4. The Hall–Kier alpha value is -4.24. The molecule has 1 saturated heterocycles. The second-order valence-corrected chi connectivity index (χ2v) is 9.95. The van der Waals surface area contributed by atoms with Gasteiger partial charge in [0.15, 0.2) is 0 Å². The number of benzene rings is 3. The van der Waals surface area contributed by atoms with Crippen molar-refractivity contribution < 1.29 is 14.3 Å². The van der Waals surface area contributed by atoms with Crippen LogP contribution in [0.2, 0.25) is 0 Å². The molecule has 1 aliphatic heterocycles. The maximum absolute atomic E-state index is 13.5. The number of carbonyl (C=O) groups is 2. The molecule has 0 atom stereocenters. The number of nitrogens with one attached hydrogen (secondary N) is 3. The normalized spacial score (nSPS) is 13.2. The molecule has 0 saturated carbocycles. The fourth-order valence-electron chi connectivity index (χ4n) is 5.07. The van der Waals surface area contributed by atoms with Crippen LogP contribution >= 0.6 is 0 Å². The lowest BCUT2D eigenvalue weighted by molar-refractivity contribution is 0.0949. The minimum absolute atomic E-state index is 0.146. The quantitative estimate of drug-likeness (QED) is 0.305. The third kappa shape index (κ3) is 8.14. The van der Waals surface area contributed by atoms with Crippen LogP contribution in [0.15, 0.2) is 72.8 Å². The molecule has 1 fully saturated rings. The molecular formula is C32H42N6O3. The van der Waals surface area contributed by atoms with Crippen molar-refractivity contribution in [3.8, 4) is 5.75 Å². The lowest BCUT2D eigenvalue weighted by Gasteiger charge is -2.38. The van der Waals surface area contributed by atoms with E-state index in [1.807, 2.05) is 60.7 Å². The third-order valence-corrected chi connectivity index (χ3v) is 7.45. The monoisotopic (exact) mass is 558 g/mol. The van der Waals surface area contributed by atoms with E-state index >= 15 is 0 Å². The average Bonchev–Trinajstić information content (AvgIpc) is 3.02. The van der Waals surface area contributed by atoms with Gasteiger partial charge < -0.3 is 35.4 Å². The summed E-state index contributed by atoms with van der Waals surface area (Å²) in [7, 11) is 1.69. The summed E-state index contributed by atoms with van der Waals surface area (Å²) in [5.74, 6) is 0.711. The number of rotatable bonds is 12. The smallest absolute Gasteiger partial charge is 0.319 e. The Kier molecular flexibility index (Phi) is 10.8. The Morgan fingerprint density at radius 1 is 0.829 bits per heavy atom. The van der Waals surface area contributed by atoms with E-state index in [1.54, 1.807) is 13.2 Å². The molecule has 41 heavy (non-hydrogen) atoms. The van der Waals surface area contributed by atoms with Crippen molar-refractivity contribution >= 4 is 29.0 Å². The maximum Gasteiger partial charge on any atom is 0.319 e. The van der Waals surface area contributed by atoms with E-state index in [0.717, 1.165) is 68.5 Å². The predicted molar refractivity (Wildman–Crippen MR) is 166 cm³/mol. The van der Waals surface area contributed by atoms with Crippen LogP contribution in [0.25, 0.3) is 0 Å². The molecule has 0 spiro atoms. The lowest BCUT2D eigenvalue weighted by atomic mass is 10.1. The molecule has 4 rings (SSSR count). The highest BCUT2D eigenvalue weighted by atomic mass is 16.5. The van der Waals surface area contributed by atoms with Gasteiger partial charge in [-0.15, -0.1) is 0 Å². The number of nitrogens with zero attached hydrogens (tertiary/aromatic N) is 3. The van der Waals surface area contributed by atoms with Crippen LogP contribution in [-0.4, -0.2) is 76.3 Å². The first-order valence-corrected chi connectivity index (χ1v) is 14.4. The largest absolute Gasteiger partial charge is 0.495 e. The number of methoxy groups -OCH3 is 1. The van der Waals surface area contributed by atoms with Crippen LogP contribution in [0.1, 0.15) is 29.8 Å². The number of carbonyl (C=O) groups excluding carboxylic acids is 2. The molecule has 0 aliphatic carbocycles. The number of amides is 3. The second kappa shape index (κ2) is 14.9. The molecular weight excluding hydrogens is 516 g/mol. The zero-order valence-electron chi connectivity index (χ0n) is 24.4. The van der Waals surface area contributed by atoms with Gasteiger partial charge in [-0.25, -0.2) is 4.79 Å². The molecule has 0 aromatic heterocycles. The summed E-state index contributed by atoms with van der Waals surface area (Å²) in [6.07, 6.45) is 0. The van der Waals surface area contributed by atoms with Gasteiger partial charge in [0.05, 0.1) is 18.4 Å². The number of anilines is 3. The summed E-state index contributed by atoms with van der Waals surface area (Å²) in [6.45, 7) is 11.0. The Bertz CT molecular complexity index is 1270. The molecule has 0 bridgehead atoms. The SMILES string of the molecule is CCN(CC)CCNC(=O)c1cc(NC(=O)NCc2ccccc2)ccc1N1CCN(c2ccccc2OC)CC1. The van der Waals surface area contributed by atoms with Crippen LogP contribution < -0.4 is 30.5 Å². The molecule has 1 heterocycles. The summed E-state index contributed by atoms with van der Waals surface area (Å²) in [5, 5.41) is 8.87. The number of hydrogen-bond donors (Lipinski definition) is 3. The van der Waals surface area contributed by atoms with Crippen LogP contribution in [0.5, 0.6) is 5.75 Å². The molecule has 218 valence electrons. The standard InChI is InChI=1S/C32H42N6O3/c1-4-36(5-2)18-17-33-31(39)27-23-26(35-32(40)34-24-25-11-7-6-8-12-25)15-16-28(27)37-19-21-38(22-20-37)29-13-9-10-14-30(29)41-3/h6-16,23H,4-5,17-22,24H2,1-3H3,(H,33,39)(H2,34,35,40). The van der Waals surface area contributed by atoms with E-state index < -0.39 is 0 Å². The maximum atomic E-state index is 13.5. The van der Waals surface area contributed by atoms with E-state index in [1.165, 1.54) is 0 Å². The van der Waals surface area contributed by atoms with Gasteiger partial charge in [0.1, 0.15) is 5.75 Å². The Morgan fingerprint density at radius 2 is 1.49 bits per heavy atom. The molecule has 3 amide bonds. The summed E-state index contributed by atoms with van der Waals surface area (Å²) < 4.78 is 5.57. The van der Waals surface area contributed by atoms with Crippen LogP contribution in [-0.2, 0) is 6.54 Å². The van der Waals surface area contributed by atoms with Crippen molar-refractivity contribution in [1.82, 2.24) is 15.5 Å². The first-order chi connectivity index (χ1) is 20.0. The minimum atomic E-state index is -0.320. The molecule has 9 heteroatoms. The highest BCUT2D eigenvalue weighted by molar-refractivity contribution is 6.02. The topological polar surface area (TPSA) is 89.2 Å². The number of para-hydroxylation sites is 2. The van der Waals surface area contributed by atoms with Gasteiger partial charge in [0.2, 0.25) is 0 Å². The lowest BCUT2D eigenvalue weighted by Crippen LogP contribution is -2.47. The van der Waals surface area contributed by atoms with Gasteiger partial charge in [0.25, 0.3) is 5.91 Å². The van der Waals surface area contributed by atoms with E-state index in [-0.39, 0.29) is 11.9 Å². The van der Waals surface area contributed by atoms with Crippen molar-refractivity contribution in [3.05, 3.63) is 83.9 Å². The molecule has 9 nitrogen and oxygen atoms in total. The van der Waals surface area contributed by atoms with Crippen LogP contribution in [0.4, 0.5) is 21.9 Å². The Labute approximate surface area is 243 Å². The molecule has 3 N–H and O–H groups in total. The average molecular weight is 559 g/mol. The summed E-state index contributed by atoms with van der Waals surface area (Å²) in [6, 6.07) is 23.0. The van der Waals surface area contributed by atoms with Gasteiger partial charge in [-0.3, -0.25) is 4.79 Å². The molecule has 0 radical (unpaired) electrons. The predicted octanol–water partition coefficient (Wildman–Crippen LogP) is 4.42. The number of hydrogen-bond acceptors (Lipinski definition) is 6. The fraction of sp³-hybridized carbons (Fsp3) is 0.375. The van der Waals surface area contributed by atoms with Crippen molar-refractivity contribution in [1.29, 1.82) is 0 Å². The number of urea groups is 1. The highest BCUT2D eigenvalue weighted by Gasteiger charge is 2.24. The van der Waals surface area contributed by atoms with Crippen molar-refractivity contribution in [2.45, 2.75) is 20.4 Å². The van der Waals surface area contributed by atoms with Gasteiger partial charge >= 0.3 is 6.03 Å². The zero-order chi connectivity index (χ0) is 29.0. The second-order valence-electron chi connectivity index (χ2n) is 9.95. The summed E-state index contributed by atoms with van der Waals surface area (Å²) in [5.41, 5.74) is 4.07. The van der Waals surface area contributed by atoms with Gasteiger partial charge in [-0.05, 0) is 49.0 Å². The number of ether oxygens (including phenoxy) is 1. The van der Waals surface area contributed by atoms with Gasteiger partial charge in [0, 0.05) is 57.2 Å². The van der Waals surface area contributed by atoms with E-state index in [0.29, 0.717) is 24.3 Å². The van der Waals surface area contributed by atoms with Crippen molar-refractivity contribution in [3.63, 3.8) is 0 Å². The molecule has 1 aliphatic rings. The van der Waals surface area contributed by atoms with Crippen molar-refractivity contribution in [2.75, 3.05) is 74.6 Å². The van der Waals surface area contributed by atoms with E-state index in [9.17, 15) is 9.59 Å². The number of piperazine rings is 1. The Balaban J connectivity index is 1.47. The summed E-state index contributed by atoms with van der Waals surface area (Å²) >= 11 is 0. The van der Waals surface area contributed by atoms with E-state index in [2.05, 4.69) is 50.6 Å². The molecule has 0 unspecified atom stereocenters. The van der Waals surface area contributed by atoms with Gasteiger partial charge in [-0.1, -0.05) is 56.3 Å². The van der Waals surface area contributed by atoms with Crippen LogP contribution in [0, 0.1) is 0 Å². The minimum Gasteiger partial charge on any atom is -0.495 e. The van der Waals surface area contributed by atoms with Gasteiger partial charge in [-0.2, -0.15) is 0 Å². The summed E-state index contributed by atoms with van der Waals surface area (Å²) in [4.78, 5) is 32.9. The van der Waals surface area contributed by atoms with Crippen LogP contribution in [0.3, 0.4) is 0 Å². The first kappa shape index (κ1) is 29.7. The number of likely N-dealkylation sites (N-methyl/N-ethyl adjacent to an activating group) is 1.